The van der Waals surface area contributed by atoms with Crippen LogP contribution in [0.15, 0.2) is 29.2 Å². The van der Waals surface area contributed by atoms with Crippen LogP contribution in [0, 0.1) is 0 Å². The number of nitrogens with one attached hydrogen (secondary N) is 2. The largest absolute Gasteiger partial charge is 0.383 e. The van der Waals surface area contributed by atoms with E-state index in [1.165, 1.54) is 25.3 Å². The van der Waals surface area contributed by atoms with Gasteiger partial charge in [-0.3, -0.25) is 4.79 Å². The third kappa shape index (κ3) is 6.10. The van der Waals surface area contributed by atoms with Gasteiger partial charge in [-0.2, -0.15) is 0 Å². The first-order valence-electron chi connectivity index (χ1n) is 6.99. The van der Waals surface area contributed by atoms with Gasteiger partial charge in [0, 0.05) is 31.8 Å². The molecule has 124 valence electrons. The predicted molar refractivity (Wildman–Crippen MR) is 84.1 cm³/mol. The molecule has 0 radical (unpaired) electrons. The Bertz CT molecular complexity index is 588. The highest BCUT2D eigenvalue weighted by Crippen LogP contribution is 2.11. The quantitative estimate of drug-likeness (QED) is 0.556. The summed E-state index contributed by atoms with van der Waals surface area (Å²) in [6, 6.07) is 5.88. The normalized spacial score (nSPS) is 12.9. The van der Waals surface area contributed by atoms with Crippen molar-refractivity contribution in [3.8, 4) is 0 Å². The van der Waals surface area contributed by atoms with Gasteiger partial charge in [-0.25, -0.2) is 13.1 Å². The van der Waals surface area contributed by atoms with Gasteiger partial charge in [0.15, 0.2) is 0 Å². The SMILES string of the molecule is COCCNS(=O)(=O)c1cccc(C(=O)NCCC(C)N)c1. The van der Waals surface area contributed by atoms with Crippen molar-refractivity contribution < 1.29 is 17.9 Å². The molecule has 0 heterocycles. The molecular weight excluding hydrogens is 306 g/mol. The van der Waals surface area contributed by atoms with Crippen molar-refractivity contribution >= 4 is 15.9 Å². The second-order valence-corrected chi connectivity index (χ2v) is 6.71. The molecule has 0 spiro atoms. The van der Waals surface area contributed by atoms with Gasteiger partial charge in [-0.1, -0.05) is 6.07 Å². The molecule has 0 aliphatic rings. The lowest BCUT2D eigenvalue weighted by molar-refractivity contribution is 0.0952. The molecule has 1 atom stereocenters. The van der Waals surface area contributed by atoms with Gasteiger partial charge in [-0.05, 0) is 31.5 Å². The summed E-state index contributed by atoms with van der Waals surface area (Å²) >= 11 is 0. The number of sulfonamides is 1. The van der Waals surface area contributed by atoms with Gasteiger partial charge in [0.2, 0.25) is 10.0 Å². The van der Waals surface area contributed by atoms with Crippen molar-refractivity contribution in [1.82, 2.24) is 10.0 Å². The summed E-state index contributed by atoms with van der Waals surface area (Å²) in [5.41, 5.74) is 5.90. The highest BCUT2D eigenvalue weighted by atomic mass is 32.2. The number of ether oxygens (including phenoxy) is 1. The third-order valence-corrected chi connectivity index (χ3v) is 4.35. The molecule has 0 aliphatic heterocycles. The van der Waals surface area contributed by atoms with E-state index in [1.807, 2.05) is 6.92 Å². The van der Waals surface area contributed by atoms with E-state index in [4.69, 9.17) is 10.5 Å². The molecular formula is C14H23N3O4S. The Kier molecular flexibility index (Phi) is 7.46. The highest BCUT2D eigenvalue weighted by Gasteiger charge is 2.15. The van der Waals surface area contributed by atoms with Crippen LogP contribution in [-0.2, 0) is 14.8 Å². The van der Waals surface area contributed by atoms with E-state index in [-0.39, 0.29) is 30.0 Å². The molecule has 0 fully saturated rings. The van der Waals surface area contributed by atoms with E-state index in [9.17, 15) is 13.2 Å². The van der Waals surface area contributed by atoms with E-state index >= 15 is 0 Å². The lowest BCUT2D eigenvalue weighted by atomic mass is 10.2. The number of methoxy groups -OCH3 is 1. The Hall–Kier alpha value is -1.48. The number of hydrogen-bond acceptors (Lipinski definition) is 5. The first-order valence-corrected chi connectivity index (χ1v) is 8.47. The molecule has 0 aromatic heterocycles. The second kappa shape index (κ2) is 8.84. The van der Waals surface area contributed by atoms with Crippen LogP contribution in [0.4, 0.5) is 0 Å². The second-order valence-electron chi connectivity index (χ2n) is 4.94. The zero-order valence-electron chi connectivity index (χ0n) is 12.8. The van der Waals surface area contributed by atoms with Crippen molar-refractivity contribution in [1.29, 1.82) is 0 Å². The van der Waals surface area contributed by atoms with Gasteiger partial charge in [0.1, 0.15) is 0 Å². The monoisotopic (exact) mass is 329 g/mol. The molecule has 1 aromatic carbocycles. The van der Waals surface area contributed by atoms with Gasteiger partial charge in [0.25, 0.3) is 5.91 Å². The van der Waals surface area contributed by atoms with Gasteiger partial charge < -0.3 is 15.8 Å². The fraction of sp³-hybridized carbons (Fsp3) is 0.500. The molecule has 0 aliphatic carbocycles. The number of benzene rings is 1. The molecule has 0 saturated heterocycles. The van der Waals surface area contributed by atoms with Gasteiger partial charge >= 0.3 is 0 Å². The predicted octanol–water partition coefficient (Wildman–Crippen LogP) is 0.0784. The third-order valence-electron chi connectivity index (χ3n) is 2.89. The van der Waals surface area contributed by atoms with Crippen LogP contribution in [-0.4, -0.2) is 47.2 Å². The summed E-state index contributed by atoms with van der Waals surface area (Å²) < 4.78 is 31.3. The number of carbonyl (C=O) groups is 1. The molecule has 1 rings (SSSR count). The number of amides is 1. The number of rotatable bonds is 9. The van der Waals surface area contributed by atoms with Crippen LogP contribution in [0.25, 0.3) is 0 Å². The maximum absolute atomic E-state index is 12.1. The standard InChI is InChI=1S/C14H23N3O4S/c1-11(15)6-7-16-14(18)12-4-3-5-13(10-12)22(19,20)17-8-9-21-2/h3-5,10-11,17H,6-9,15H2,1-2H3,(H,16,18). The van der Waals surface area contributed by atoms with Crippen molar-refractivity contribution in [3.05, 3.63) is 29.8 Å². The number of hydrogen-bond donors (Lipinski definition) is 3. The molecule has 22 heavy (non-hydrogen) atoms. The molecule has 7 nitrogen and oxygen atoms in total. The smallest absolute Gasteiger partial charge is 0.251 e. The van der Waals surface area contributed by atoms with E-state index in [0.717, 1.165) is 0 Å². The van der Waals surface area contributed by atoms with Crippen LogP contribution in [0.5, 0.6) is 0 Å². The highest BCUT2D eigenvalue weighted by molar-refractivity contribution is 7.89. The minimum absolute atomic E-state index is 0.00278. The average molecular weight is 329 g/mol. The van der Waals surface area contributed by atoms with E-state index in [2.05, 4.69) is 10.0 Å². The zero-order chi connectivity index (χ0) is 16.6. The molecule has 0 bridgehead atoms. The van der Waals surface area contributed by atoms with Crippen molar-refractivity contribution in [3.63, 3.8) is 0 Å². The van der Waals surface area contributed by atoms with E-state index in [0.29, 0.717) is 18.5 Å². The van der Waals surface area contributed by atoms with Crippen LogP contribution in [0.2, 0.25) is 0 Å². The molecule has 0 saturated carbocycles. The minimum Gasteiger partial charge on any atom is -0.383 e. The Labute approximate surface area is 131 Å². The van der Waals surface area contributed by atoms with Crippen molar-refractivity contribution in [2.24, 2.45) is 5.73 Å². The van der Waals surface area contributed by atoms with Crippen molar-refractivity contribution in [2.45, 2.75) is 24.3 Å². The van der Waals surface area contributed by atoms with Crippen molar-refractivity contribution in [2.75, 3.05) is 26.8 Å². The van der Waals surface area contributed by atoms with Crippen LogP contribution >= 0.6 is 0 Å². The Balaban J connectivity index is 2.74. The van der Waals surface area contributed by atoms with E-state index in [1.54, 1.807) is 6.07 Å². The van der Waals surface area contributed by atoms with Crippen LogP contribution in [0.3, 0.4) is 0 Å². The zero-order valence-corrected chi connectivity index (χ0v) is 13.7. The summed E-state index contributed by atoms with van der Waals surface area (Å²) in [6.45, 7) is 2.74. The fourth-order valence-corrected chi connectivity index (χ4v) is 2.74. The van der Waals surface area contributed by atoms with Gasteiger partial charge in [0.05, 0.1) is 11.5 Å². The first-order chi connectivity index (χ1) is 10.4. The lowest BCUT2D eigenvalue weighted by Crippen LogP contribution is -2.30. The lowest BCUT2D eigenvalue weighted by Gasteiger charge is -2.09. The summed E-state index contributed by atoms with van der Waals surface area (Å²) in [5, 5.41) is 2.71. The van der Waals surface area contributed by atoms with E-state index < -0.39 is 10.0 Å². The fourth-order valence-electron chi connectivity index (χ4n) is 1.68. The molecule has 4 N–H and O–H groups in total. The maximum atomic E-state index is 12.1. The first kappa shape index (κ1) is 18.6. The molecule has 1 unspecified atom stereocenters. The summed E-state index contributed by atoms with van der Waals surface area (Å²) in [7, 11) is -2.16. The number of nitrogens with two attached hydrogens (primary N) is 1. The molecule has 1 amide bonds. The van der Waals surface area contributed by atoms with Gasteiger partial charge in [-0.15, -0.1) is 0 Å². The Morgan fingerprint density at radius 2 is 2.09 bits per heavy atom. The maximum Gasteiger partial charge on any atom is 0.251 e. The summed E-state index contributed by atoms with van der Waals surface area (Å²) in [6.07, 6.45) is 0.655. The minimum atomic E-state index is -3.65. The topological polar surface area (TPSA) is 111 Å². The molecule has 8 heteroatoms. The molecule has 1 aromatic rings. The number of carbonyl (C=O) groups excluding carboxylic acids is 1. The Morgan fingerprint density at radius 1 is 1.36 bits per heavy atom. The van der Waals surface area contributed by atoms with Crippen LogP contribution < -0.4 is 15.8 Å². The Morgan fingerprint density at radius 3 is 2.73 bits per heavy atom. The summed E-state index contributed by atoms with van der Waals surface area (Å²) in [5.74, 6) is -0.324. The van der Waals surface area contributed by atoms with Crippen LogP contribution in [0.1, 0.15) is 23.7 Å². The summed E-state index contributed by atoms with van der Waals surface area (Å²) in [4.78, 5) is 12.0. The average Bonchev–Trinajstić information content (AvgIpc) is 2.47.